The summed E-state index contributed by atoms with van der Waals surface area (Å²) in [5.74, 6) is -0.581. The van der Waals surface area contributed by atoms with E-state index in [2.05, 4.69) is 10.0 Å². The lowest BCUT2D eigenvalue weighted by molar-refractivity contribution is 0.0951. The maximum Gasteiger partial charge on any atom is 0.253 e. The highest BCUT2D eigenvalue weighted by atomic mass is 35.5. The standard InChI is InChI=1S/C17H20ClN3O5S2/c1-19-27(23,24)13-6-4-5-12(9-13)11-20-17(22)15-10-14(7-8-16(15)18)28(25,26)21(2)3/h4-10,19H,11H2,1-3H3,(H,20,22). The van der Waals surface area contributed by atoms with Crippen molar-refractivity contribution in [2.45, 2.75) is 16.3 Å². The predicted molar refractivity (Wildman–Crippen MR) is 106 cm³/mol. The van der Waals surface area contributed by atoms with Crippen LogP contribution in [-0.2, 0) is 26.6 Å². The number of amides is 1. The van der Waals surface area contributed by atoms with Gasteiger partial charge in [-0.25, -0.2) is 25.9 Å². The van der Waals surface area contributed by atoms with Crippen molar-refractivity contribution in [1.82, 2.24) is 14.3 Å². The third kappa shape index (κ3) is 4.89. The predicted octanol–water partition coefficient (Wildman–Crippen LogP) is 1.43. The highest BCUT2D eigenvalue weighted by Gasteiger charge is 2.21. The van der Waals surface area contributed by atoms with Gasteiger partial charge >= 0.3 is 0 Å². The molecule has 11 heteroatoms. The minimum Gasteiger partial charge on any atom is -0.348 e. The molecule has 2 aromatic rings. The fourth-order valence-electron chi connectivity index (χ4n) is 2.27. The van der Waals surface area contributed by atoms with Crippen molar-refractivity contribution >= 4 is 37.6 Å². The second-order valence-corrected chi connectivity index (χ2v) is 10.4. The van der Waals surface area contributed by atoms with E-state index in [1.807, 2.05) is 0 Å². The van der Waals surface area contributed by atoms with E-state index >= 15 is 0 Å². The van der Waals surface area contributed by atoms with E-state index in [9.17, 15) is 21.6 Å². The van der Waals surface area contributed by atoms with Crippen LogP contribution in [0.5, 0.6) is 0 Å². The Bertz CT molecular complexity index is 1100. The van der Waals surface area contributed by atoms with E-state index in [1.165, 1.54) is 51.5 Å². The highest BCUT2D eigenvalue weighted by Crippen LogP contribution is 2.22. The quantitative estimate of drug-likeness (QED) is 0.669. The third-order valence-corrected chi connectivity index (χ3v) is 7.44. The summed E-state index contributed by atoms with van der Waals surface area (Å²) in [7, 11) is -3.25. The number of benzene rings is 2. The Morgan fingerprint density at radius 2 is 1.71 bits per heavy atom. The van der Waals surface area contributed by atoms with E-state index < -0.39 is 26.0 Å². The molecule has 2 aromatic carbocycles. The SMILES string of the molecule is CNS(=O)(=O)c1cccc(CNC(=O)c2cc(S(=O)(=O)N(C)C)ccc2Cl)c1. The van der Waals surface area contributed by atoms with Crippen molar-refractivity contribution in [1.29, 1.82) is 0 Å². The number of nitrogens with zero attached hydrogens (tertiary/aromatic N) is 1. The van der Waals surface area contributed by atoms with Crippen LogP contribution in [0.2, 0.25) is 5.02 Å². The molecule has 0 aliphatic rings. The average molecular weight is 446 g/mol. The van der Waals surface area contributed by atoms with Crippen LogP contribution < -0.4 is 10.0 Å². The number of nitrogens with one attached hydrogen (secondary N) is 2. The van der Waals surface area contributed by atoms with Crippen LogP contribution in [0.3, 0.4) is 0 Å². The number of carbonyl (C=O) groups excluding carboxylic acids is 1. The number of rotatable bonds is 7. The molecule has 2 N–H and O–H groups in total. The zero-order chi connectivity index (χ0) is 21.1. The van der Waals surface area contributed by atoms with Gasteiger partial charge in [-0.15, -0.1) is 0 Å². The number of carbonyl (C=O) groups is 1. The number of sulfonamides is 2. The van der Waals surface area contributed by atoms with Gasteiger partial charge in [0.05, 0.1) is 20.4 Å². The minimum atomic E-state index is -3.72. The Morgan fingerprint density at radius 1 is 1.04 bits per heavy atom. The molecular weight excluding hydrogens is 426 g/mol. The molecule has 1 amide bonds. The van der Waals surface area contributed by atoms with Crippen LogP contribution in [0.1, 0.15) is 15.9 Å². The Balaban J connectivity index is 2.24. The number of hydrogen-bond donors (Lipinski definition) is 2. The molecule has 0 fully saturated rings. The van der Waals surface area contributed by atoms with Gasteiger partial charge in [-0.2, -0.15) is 0 Å². The summed E-state index contributed by atoms with van der Waals surface area (Å²) < 4.78 is 51.5. The largest absolute Gasteiger partial charge is 0.348 e. The normalized spacial score (nSPS) is 12.2. The Labute approximate surface area is 169 Å². The molecule has 0 aromatic heterocycles. The number of hydrogen-bond acceptors (Lipinski definition) is 5. The summed E-state index contributed by atoms with van der Waals surface area (Å²) in [5, 5.41) is 2.71. The van der Waals surface area contributed by atoms with Gasteiger partial charge in [0, 0.05) is 20.6 Å². The van der Waals surface area contributed by atoms with Gasteiger partial charge in [-0.3, -0.25) is 4.79 Å². The first kappa shape index (κ1) is 22.3. The van der Waals surface area contributed by atoms with Gasteiger partial charge in [-0.05, 0) is 42.9 Å². The minimum absolute atomic E-state index is 0.00333. The van der Waals surface area contributed by atoms with Crippen LogP contribution in [0.4, 0.5) is 0 Å². The maximum atomic E-state index is 12.5. The zero-order valence-corrected chi connectivity index (χ0v) is 17.8. The molecule has 0 saturated carbocycles. The highest BCUT2D eigenvalue weighted by molar-refractivity contribution is 7.89. The lowest BCUT2D eigenvalue weighted by Gasteiger charge is -2.13. The van der Waals surface area contributed by atoms with E-state index in [4.69, 9.17) is 11.6 Å². The van der Waals surface area contributed by atoms with Crippen LogP contribution in [-0.4, -0.2) is 48.2 Å². The van der Waals surface area contributed by atoms with Gasteiger partial charge in [0.15, 0.2) is 0 Å². The lowest BCUT2D eigenvalue weighted by atomic mass is 10.2. The average Bonchev–Trinajstić information content (AvgIpc) is 2.66. The van der Waals surface area contributed by atoms with Crippen LogP contribution in [0.25, 0.3) is 0 Å². The first-order valence-corrected chi connectivity index (χ1v) is 11.3. The molecule has 152 valence electrons. The second kappa shape index (κ2) is 8.58. The Kier molecular flexibility index (Phi) is 6.84. The Morgan fingerprint density at radius 3 is 2.32 bits per heavy atom. The third-order valence-electron chi connectivity index (χ3n) is 3.89. The first-order chi connectivity index (χ1) is 13.0. The van der Waals surface area contributed by atoms with Crippen molar-refractivity contribution in [3.8, 4) is 0 Å². The topological polar surface area (TPSA) is 113 Å². The summed E-state index contributed by atoms with van der Waals surface area (Å²) in [6.07, 6.45) is 0. The summed E-state index contributed by atoms with van der Waals surface area (Å²) in [6, 6.07) is 9.94. The summed E-state index contributed by atoms with van der Waals surface area (Å²) >= 11 is 6.05. The molecule has 28 heavy (non-hydrogen) atoms. The molecule has 2 rings (SSSR count). The zero-order valence-electron chi connectivity index (χ0n) is 15.4. The van der Waals surface area contributed by atoms with Crippen molar-refractivity contribution in [3.63, 3.8) is 0 Å². The molecule has 0 aliphatic carbocycles. The molecule has 0 saturated heterocycles. The molecule has 0 spiro atoms. The molecule has 8 nitrogen and oxygen atoms in total. The van der Waals surface area contributed by atoms with E-state index in [1.54, 1.807) is 12.1 Å². The van der Waals surface area contributed by atoms with Gasteiger partial charge in [0.25, 0.3) is 5.91 Å². The summed E-state index contributed by atoms with van der Waals surface area (Å²) in [4.78, 5) is 12.5. The van der Waals surface area contributed by atoms with E-state index in [0.29, 0.717) is 5.56 Å². The van der Waals surface area contributed by atoms with Crippen LogP contribution >= 0.6 is 11.6 Å². The van der Waals surface area contributed by atoms with Crippen LogP contribution in [0, 0.1) is 0 Å². The van der Waals surface area contributed by atoms with Gasteiger partial charge in [-0.1, -0.05) is 23.7 Å². The van der Waals surface area contributed by atoms with Gasteiger partial charge in [0.2, 0.25) is 20.0 Å². The number of halogens is 1. The van der Waals surface area contributed by atoms with Gasteiger partial charge < -0.3 is 5.32 Å². The van der Waals surface area contributed by atoms with Crippen molar-refractivity contribution in [2.24, 2.45) is 0 Å². The molecule has 0 aliphatic heterocycles. The molecular formula is C17H20ClN3O5S2. The Hall–Kier alpha value is -1.98. The molecule has 0 heterocycles. The maximum absolute atomic E-state index is 12.5. The summed E-state index contributed by atoms with van der Waals surface area (Å²) in [6.45, 7) is 0.0346. The lowest BCUT2D eigenvalue weighted by Crippen LogP contribution is -2.25. The fourth-order valence-corrected chi connectivity index (χ4v) is 4.20. The molecule has 0 atom stereocenters. The van der Waals surface area contributed by atoms with Crippen LogP contribution in [0.15, 0.2) is 52.3 Å². The van der Waals surface area contributed by atoms with Crippen molar-refractivity contribution in [3.05, 3.63) is 58.6 Å². The fraction of sp³-hybridized carbons (Fsp3) is 0.235. The van der Waals surface area contributed by atoms with E-state index in [-0.39, 0.29) is 26.9 Å². The van der Waals surface area contributed by atoms with Crippen molar-refractivity contribution in [2.75, 3.05) is 21.1 Å². The smallest absolute Gasteiger partial charge is 0.253 e. The van der Waals surface area contributed by atoms with Crippen molar-refractivity contribution < 1.29 is 21.6 Å². The molecule has 0 bridgehead atoms. The first-order valence-electron chi connectivity index (χ1n) is 8.02. The van der Waals surface area contributed by atoms with E-state index in [0.717, 1.165) is 4.31 Å². The second-order valence-electron chi connectivity index (χ2n) is 5.97. The monoisotopic (exact) mass is 445 g/mol. The summed E-state index contributed by atoms with van der Waals surface area (Å²) in [5.41, 5.74) is 0.557. The van der Waals surface area contributed by atoms with Gasteiger partial charge in [0.1, 0.15) is 0 Å². The molecule has 0 unspecified atom stereocenters. The molecule has 0 radical (unpaired) electrons.